The molecule has 94 valence electrons. The number of benzene rings is 2. The van der Waals surface area contributed by atoms with E-state index in [2.05, 4.69) is 25.1 Å². The molecule has 0 radical (unpaired) electrons. The molecule has 0 heterocycles. The van der Waals surface area contributed by atoms with Crippen LogP contribution in [0, 0.1) is 0 Å². The van der Waals surface area contributed by atoms with Crippen molar-refractivity contribution in [1.82, 2.24) is 0 Å². The highest BCUT2D eigenvalue weighted by Gasteiger charge is 2.06. The fourth-order valence-corrected chi connectivity index (χ4v) is 2.81. The number of rotatable bonds is 4. The van der Waals surface area contributed by atoms with Crippen molar-refractivity contribution < 1.29 is 0 Å². The zero-order valence-corrected chi connectivity index (χ0v) is 11.8. The SMILES string of the molecule is CC(SCc1ccc(Cl)cc1)c1cccc(N)c1. The van der Waals surface area contributed by atoms with Crippen LogP contribution >= 0.6 is 23.4 Å². The van der Waals surface area contributed by atoms with Gasteiger partial charge in [-0.3, -0.25) is 0 Å². The van der Waals surface area contributed by atoms with Crippen molar-refractivity contribution in [2.24, 2.45) is 0 Å². The lowest BCUT2D eigenvalue weighted by Gasteiger charge is -2.12. The fourth-order valence-electron chi connectivity index (χ4n) is 1.71. The van der Waals surface area contributed by atoms with Crippen LogP contribution in [0.15, 0.2) is 48.5 Å². The van der Waals surface area contributed by atoms with E-state index in [4.69, 9.17) is 17.3 Å². The standard InChI is InChI=1S/C15H16ClNS/c1-11(13-3-2-4-15(17)9-13)18-10-12-5-7-14(16)8-6-12/h2-9,11H,10,17H2,1H3. The van der Waals surface area contributed by atoms with E-state index in [9.17, 15) is 0 Å². The monoisotopic (exact) mass is 277 g/mol. The lowest BCUT2D eigenvalue weighted by Crippen LogP contribution is -1.92. The second kappa shape index (κ2) is 6.17. The van der Waals surface area contributed by atoms with E-state index in [-0.39, 0.29) is 0 Å². The first-order valence-corrected chi connectivity index (χ1v) is 7.29. The molecule has 0 saturated carbocycles. The number of halogens is 1. The molecule has 0 aliphatic carbocycles. The molecule has 0 amide bonds. The molecule has 0 fully saturated rings. The first kappa shape index (κ1) is 13.3. The lowest BCUT2D eigenvalue weighted by molar-refractivity contribution is 1.10. The molecule has 2 aromatic rings. The van der Waals surface area contributed by atoms with Crippen molar-refractivity contribution in [2.75, 3.05) is 5.73 Å². The van der Waals surface area contributed by atoms with E-state index in [1.165, 1.54) is 11.1 Å². The maximum atomic E-state index is 5.87. The Morgan fingerprint density at radius 3 is 2.56 bits per heavy atom. The van der Waals surface area contributed by atoms with Gasteiger partial charge in [-0.1, -0.05) is 35.9 Å². The van der Waals surface area contributed by atoms with E-state index in [1.807, 2.05) is 42.1 Å². The first-order chi connectivity index (χ1) is 8.65. The van der Waals surface area contributed by atoms with Gasteiger partial charge in [-0.2, -0.15) is 0 Å². The smallest absolute Gasteiger partial charge is 0.0406 e. The normalized spacial score (nSPS) is 12.3. The molecule has 0 aliphatic rings. The molecule has 18 heavy (non-hydrogen) atoms. The third-order valence-electron chi connectivity index (χ3n) is 2.79. The van der Waals surface area contributed by atoms with Gasteiger partial charge in [0, 0.05) is 21.7 Å². The Balaban J connectivity index is 1.96. The summed E-state index contributed by atoms with van der Waals surface area (Å²) in [4.78, 5) is 0. The zero-order chi connectivity index (χ0) is 13.0. The molecule has 0 spiro atoms. The molecule has 1 atom stereocenters. The van der Waals surface area contributed by atoms with Crippen molar-refractivity contribution >= 4 is 29.1 Å². The molecule has 2 N–H and O–H groups in total. The van der Waals surface area contributed by atoms with Crippen LogP contribution in [-0.4, -0.2) is 0 Å². The third kappa shape index (κ3) is 3.69. The van der Waals surface area contributed by atoms with Crippen LogP contribution in [0.1, 0.15) is 23.3 Å². The van der Waals surface area contributed by atoms with Crippen LogP contribution < -0.4 is 5.73 Å². The molecule has 0 aromatic heterocycles. The van der Waals surface area contributed by atoms with Crippen LogP contribution in [-0.2, 0) is 5.75 Å². The summed E-state index contributed by atoms with van der Waals surface area (Å²) in [6.07, 6.45) is 0. The highest BCUT2D eigenvalue weighted by molar-refractivity contribution is 7.98. The van der Waals surface area contributed by atoms with E-state index < -0.39 is 0 Å². The number of anilines is 1. The van der Waals surface area contributed by atoms with Gasteiger partial charge >= 0.3 is 0 Å². The van der Waals surface area contributed by atoms with Crippen LogP contribution in [0.25, 0.3) is 0 Å². The molecule has 3 heteroatoms. The van der Waals surface area contributed by atoms with Crippen molar-refractivity contribution in [3.05, 3.63) is 64.7 Å². The summed E-state index contributed by atoms with van der Waals surface area (Å²) in [7, 11) is 0. The topological polar surface area (TPSA) is 26.0 Å². The maximum absolute atomic E-state index is 5.87. The first-order valence-electron chi connectivity index (χ1n) is 5.86. The van der Waals surface area contributed by atoms with Gasteiger partial charge in [0.15, 0.2) is 0 Å². The molecular formula is C15H16ClNS. The van der Waals surface area contributed by atoms with Crippen molar-refractivity contribution in [3.8, 4) is 0 Å². The average Bonchev–Trinajstić information content (AvgIpc) is 2.38. The highest BCUT2D eigenvalue weighted by Crippen LogP contribution is 2.31. The molecule has 1 nitrogen and oxygen atoms in total. The third-order valence-corrected chi connectivity index (χ3v) is 4.32. The van der Waals surface area contributed by atoms with Crippen LogP contribution in [0.5, 0.6) is 0 Å². The van der Waals surface area contributed by atoms with E-state index in [0.29, 0.717) is 5.25 Å². The lowest BCUT2D eigenvalue weighted by atomic mass is 10.1. The van der Waals surface area contributed by atoms with E-state index in [1.54, 1.807) is 0 Å². The Morgan fingerprint density at radius 2 is 1.89 bits per heavy atom. The molecule has 0 saturated heterocycles. The number of hydrogen-bond acceptors (Lipinski definition) is 2. The molecule has 1 unspecified atom stereocenters. The van der Waals surface area contributed by atoms with Gasteiger partial charge in [-0.15, -0.1) is 11.8 Å². The molecule has 0 aliphatic heterocycles. The summed E-state index contributed by atoms with van der Waals surface area (Å²) in [5.74, 6) is 0.979. The summed E-state index contributed by atoms with van der Waals surface area (Å²) >= 11 is 7.77. The minimum absolute atomic E-state index is 0.434. The van der Waals surface area contributed by atoms with Gasteiger partial charge in [0.25, 0.3) is 0 Å². The summed E-state index contributed by atoms with van der Waals surface area (Å²) in [6.45, 7) is 2.20. The number of nitrogens with two attached hydrogens (primary N) is 1. The average molecular weight is 278 g/mol. The van der Waals surface area contributed by atoms with Gasteiger partial charge in [-0.05, 0) is 42.3 Å². The van der Waals surface area contributed by atoms with Gasteiger partial charge < -0.3 is 5.73 Å². The van der Waals surface area contributed by atoms with E-state index in [0.717, 1.165) is 16.5 Å². The van der Waals surface area contributed by atoms with Gasteiger partial charge in [0.05, 0.1) is 0 Å². The fraction of sp³-hybridized carbons (Fsp3) is 0.200. The predicted molar refractivity (Wildman–Crippen MR) is 82.0 cm³/mol. The minimum atomic E-state index is 0.434. The maximum Gasteiger partial charge on any atom is 0.0406 e. The largest absolute Gasteiger partial charge is 0.399 e. The van der Waals surface area contributed by atoms with Crippen molar-refractivity contribution in [3.63, 3.8) is 0 Å². The second-order valence-corrected chi connectivity index (χ2v) is 6.02. The van der Waals surface area contributed by atoms with Crippen LogP contribution in [0.3, 0.4) is 0 Å². The van der Waals surface area contributed by atoms with Gasteiger partial charge in [0.2, 0.25) is 0 Å². The van der Waals surface area contributed by atoms with Gasteiger partial charge in [-0.25, -0.2) is 0 Å². The Morgan fingerprint density at radius 1 is 1.17 bits per heavy atom. The molecule has 2 rings (SSSR count). The Hall–Kier alpha value is -1.12. The van der Waals surface area contributed by atoms with Crippen LogP contribution in [0.2, 0.25) is 5.02 Å². The van der Waals surface area contributed by atoms with Crippen molar-refractivity contribution in [2.45, 2.75) is 17.9 Å². The second-order valence-electron chi connectivity index (χ2n) is 4.25. The Bertz CT molecular complexity index is 510. The van der Waals surface area contributed by atoms with Gasteiger partial charge in [0.1, 0.15) is 0 Å². The Labute approximate surface area is 117 Å². The zero-order valence-electron chi connectivity index (χ0n) is 10.3. The molecular weight excluding hydrogens is 262 g/mol. The summed E-state index contributed by atoms with van der Waals surface area (Å²) in [6, 6.07) is 16.1. The van der Waals surface area contributed by atoms with E-state index >= 15 is 0 Å². The number of thioether (sulfide) groups is 1. The number of nitrogen functional groups attached to an aromatic ring is 1. The molecule has 0 bridgehead atoms. The molecule has 2 aromatic carbocycles. The summed E-state index contributed by atoms with van der Waals surface area (Å²) in [5.41, 5.74) is 9.19. The minimum Gasteiger partial charge on any atom is -0.399 e. The quantitative estimate of drug-likeness (QED) is 0.803. The summed E-state index contributed by atoms with van der Waals surface area (Å²) < 4.78 is 0. The number of hydrogen-bond donors (Lipinski definition) is 1. The Kier molecular flexibility index (Phi) is 4.56. The predicted octanol–water partition coefficient (Wildman–Crippen LogP) is 4.92. The van der Waals surface area contributed by atoms with Crippen molar-refractivity contribution in [1.29, 1.82) is 0 Å². The highest BCUT2D eigenvalue weighted by atomic mass is 35.5. The summed E-state index contributed by atoms with van der Waals surface area (Å²) in [5, 5.41) is 1.22. The van der Waals surface area contributed by atoms with Crippen LogP contribution in [0.4, 0.5) is 5.69 Å².